The Labute approximate surface area is 153 Å². The van der Waals surface area contributed by atoms with E-state index < -0.39 is 0 Å². The highest BCUT2D eigenvalue weighted by molar-refractivity contribution is 8.00. The van der Waals surface area contributed by atoms with Crippen LogP contribution in [0.25, 0.3) is 5.69 Å². The molecule has 0 aliphatic heterocycles. The number of carbonyl (C=O) groups is 1. The van der Waals surface area contributed by atoms with Gasteiger partial charge in [-0.15, -0.1) is 10.2 Å². The number of nitrogens with zero attached hydrogens (tertiary/aromatic N) is 3. The molecule has 1 unspecified atom stereocenters. The predicted octanol–water partition coefficient (Wildman–Crippen LogP) is 3.79. The van der Waals surface area contributed by atoms with Gasteiger partial charge in [0.2, 0.25) is 5.91 Å². The van der Waals surface area contributed by atoms with Gasteiger partial charge in [0.15, 0.2) is 5.16 Å². The van der Waals surface area contributed by atoms with E-state index in [1.165, 1.54) is 24.6 Å². The molecule has 2 aromatic rings. The summed E-state index contributed by atoms with van der Waals surface area (Å²) >= 11 is 1.48. The molecule has 3 rings (SSSR count). The number of hydrogen-bond donors (Lipinski definition) is 1. The molecule has 0 radical (unpaired) electrons. The van der Waals surface area contributed by atoms with Gasteiger partial charge in [-0.3, -0.25) is 9.36 Å². The first-order chi connectivity index (χ1) is 12.1. The van der Waals surface area contributed by atoms with Crippen molar-refractivity contribution in [2.75, 3.05) is 6.54 Å². The molecule has 0 bridgehead atoms. The molecule has 1 N–H and O–H groups in total. The standard InChI is InChI=1S/C19H26N4OS/c1-13(2)11-12-20-18(24)14(3)25-19-22-21-17(15-9-10-15)23(19)16-7-5-4-6-8-16/h4-8,13-15H,9-12H2,1-3H3,(H,20,24). The second kappa shape index (κ2) is 8.04. The molecule has 1 aromatic heterocycles. The van der Waals surface area contributed by atoms with E-state index in [9.17, 15) is 4.79 Å². The monoisotopic (exact) mass is 358 g/mol. The molecule has 134 valence electrons. The fraction of sp³-hybridized carbons (Fsp3) is 0.526. The Balaban J connectivity index is 1.73. The number of nitrogens with one attached hydrogen (secondary N) is 1. The molecule has 1 saturated carbocycles. The van der Waals surface area contributed by atoms with Gasteiger partial charge in [-0.2, -0.15) is 0 Å². The maximum absolute atomic E-state index is 12.3. The molecule has 1 fully saturated rings. The first-order valence-electron chi connectivity index (χ1n) is 9.01. The molecule has 0 spiro atoms. The lowest BCUT2D eigenvalue weighted by atomic mass is 10.1. The molecular weight excluding hydrogens is 332 g/mol. The number of rotatable bonds is 8. The Hall–Kier alpha value is -1.82. The van der Waals surface area contributed by atoms with Crippen molar-refractivity contribution in [1.82, 2.24) is 20.1 Å². The summed E-state index contributed by atoms with van der Waals surface area (Å²) in [5, 5.41) is 12.4. The molecule has 0 saturated heterocycles. The van der Waals surface area contributed by atoms with Gasteiger partial charge in [0, 0.05) is 18.2 Å². The van der Waals surface area contributed by atoms with Gasteiger partial charge in [0.25, 0.3) is 0 Å². The topological polar surface area (TPSA) is 59.8 Å². The smallest absolute Gasteiger partial charge is 0.233 e. The average molecular weight is 359 g/mol. The van der Waals surface area contributed by atoms with E-state index in [1.54, 1.807) is 0 Å². The van der Waals surface area contributed by atoms with Crippen LogP contribution in [0.2, 0.25) is 0 Å². The van der Waals surface area contributed by atoms with E-state index in [0.717, 1.165) is 29.6 Å². The third kappa shape index (κ3) is 4.63. The predicted molar refractivity (Wildman–Crippen MR) is 101 cm³/mol. The van der Waals surface area contributed by atoms with Crippen LogP contribution >= 0.6 is 11.8 Å². The zero-order valence-electron chi connectivity index (χ0n) is 15.1. The van der Waals surface area contributed by atoms with Crippen LogP contribution in [0.15, 0.2) is 35.5 Å². The molecule has 1 aliphatic rings. The fourth-order valence-corrected chi connectivity index (χ4v) is 3.52. The van der Waals surface area contributed by atoms with E-state index in [1.807, 2.05) is 25.1 Å². The number of amides is 1. The van der Waals surface area contributed by atoms with Crippen molar-refractivity contribution in [3.63, 3.8) is 0 Å². The zero-order chi connectivity index (χ0) is 17.8. The van der Waals surface area contributed by atoms with Gasteiger partial charge in [0.05, 0.1) is 5.25 Å². The molecule has 5 nitrogen and oxygen atoms in total. The van der Waals surface area contributed by atoms with Crippen LogP contribution in [0.1, 0.15) is 51.8 Å². The maximum Gasteiger partial charge on any atom is 0.233 e. The van der Waals surface area contributed by atoms with Crippen molar-refractivity contribution in [3.8, 4) is 5.69 Å². The summed E-state index contributed by atoms with van der Waals surface area (Å²) in [5.41, 5.74) is 1.06. The van der Waals surface area contributed by atoms with Crippen molar-refractivity contribution in [1.29, 1.82) is 0 Å². The lowest BCUT2D eigenvalue weighted by Gasteiger charge is -2.14. The van der Waals surface area contributed by atoms with E-state index in [-0.39, 0.29) is 11.2 Å². The number of benzene rings is 1. The van der Waals surface area contributed by atoms with Gasteiger partial charge in [0.1, 0.15) is 5.82 Å². The molecule has 1 heterocycles. The first-order valence-corrected chi connectivity index (χ1v) is 9.89. The van der Waals surface area contributed by atoms with Crippen LogP contribution in [0.5, 0.6) is 0 Å². The Bertz CT molecular complexity index is 709. The Morgan fingerprint density at radius 1 is 1.24 bits per heavy atom. The minimum Gasteiger partial charge on any atom is -0.355 e. The minimum absolute atomic E-state index is 0.0567. The van der Waals surface area contributed by atoms with Crippen molar-refractivity contribution in [2.45, 2.75) is 56.4 Å². The summed E-state index contributed by atoms with van der Waals surface area (Å²) in [4.78, 5) is 12.3. The van der Waals surface area contributed by atoms with Crippen LogP contribution in [0.4, 0.5) is 0 Å². The van der Waals surface area contributed by atoms with Crippen LogP contribution < -0.4 is 5.32 Å². The van der Waals surface area contributed by atoms with Crippen LogP contribution in [-0.4, -0.2) is 32.5 Å². The van der Waals surface area contributed by atoms with Crippen molar-refractivity contribution < 1.29 is 4.79 Å². The minimum atomic E-state index is -0.203. The van der Waals surface area contributed by atoms with Gasteiger partial charge in [-0.1, -0.05) is 43.8 Å². The van der Waals surface area contributed by atoms with Crippen LogP contribution in [0.3, 0.4) is 0 Å². The summed E-state index contributed by atoms with van der Waals surface area (Å²) in [7, 11) is 0. The highest BCUT2D eigenvalue weighted by atomic mass is 32.2. The largest absolute Gasteiger partial charge is 0.355 e. The van der Waals surface area contributed by atoms with Crippen molar-refractivity contribution >= 4 is 17.7 Å². The van der Waals surface area contributed by atoms with Gasteiger partial charge in [-0.05, 0) is 44.2 Å². The Kier molecular flexibility index (Phi) is 5.78. The molecular formula is C19H26N4OS. The number of carbonyl (C=O) groups excluding carboxylic acids is 1. The summed E-state index contributed by atoms with van der Waals surface area (Å²) in [5.74, 6) is 2.16. The van der Waals surface area contributed by atoms with E-state index in [0.29, 0.717) is 11.8 Å². The van der Waals surface area contributed by atoms with Crippen molar-refractivity contribution in [2.24, 2.45) is 5.92 Å². The lowest BCUT2D eigenvalue weighted by Crippen LogP contribution is -2.32. The molecule has 1 amide bonds. The van der Waals surface area contributed by atoms with Crippen LogP contribution in [-0.2, 0) is 4.79 Å². The highest BCUT2D eigenvalue weighted by Crippen LogP contribution is 2.41. The number of hydrogen-bond acceptors (Lipinski definition) is 4. The van der Waals surface area contributed by atoms with Gasteiger partial charge >= 0.3 is 0 Å². The summed E-state index contributed by atoms with van der Waals surface area (Å²) < 4.78 is 2.11. The molecule has 1 aliphatic carbocycles. The molecule has 6 heteroatoms. The summed E-state index contributed by atoms with van der Waals surface area (Å²) in [6.45, 7) is 6.97. The Morgan fingerprint density at radius 2 is 1.96 bits per heavy atom. The third-order valence-electron chi connectivity index (χ3n) is 4.29. The lowest BCUT2D eigenvalue weighted by molar-refractivity contribution is -0.120. The van der Waals surface area contributed by atoms with E-state index >= 15 is 0 Å². The molecule has 25 heavy (non-hydrogen) atoms. The average Bonchev–Trinajstić information content (AvgIpc) is 3.36. The summed E-state index contributed by atoms with van der Waals surface area (Å²) in [6.07, 6.45) is 3.33. The SMILES string of the molecule is CC(C)CCNC(=O)C(C)Sc1nnc(C2CC2)n1-c1ccccc1. The van der Waals surface area contributed by atoms with Crippen LogP contribution in [0, 0.1) is 5.92 Å². The zero-order valence-corrected chi connectivity index (χ0v) is 15.9. The second-order valence-electron chi connectivity index (χ2n) is 7.02. The van der Waals surface area contributed by atoms with Gasteiger partial charge in [-0.25, -0.2) is 0 Å². The first kappa shape index (κ1) is 18.0. The normalized spacial score (nSPS) is 15.4. The quantitative estimate of drug-likeness (QED) is 0.730. The number of aromatic nitrogens is 3. The molecule has 1 aromatic carbocycles. The second-order valence-corrected chi connectivity index (χ2v) is 8.33. The fourth-order valence-electron chi connectivity index (χ4n) is 2.62. The van der Waals surface area contributed by atoms with E-state index in [2.05, 4.69) is 46.1 Å². The van der Waals surface area contributed by atoms with Gasteiger partial charge < -0.3 is 5.32 Å². The number of thioether (sulfide) groups is 1. The summed E-state index contributed by atoms with van der Waals surface area (Å²) in [6, 6.07) is 10.2. The number of para-hydroxylation sites is 1. The highest BCUT2D eigenvalue weighted by Gasteiger charge is 2.31. The van der Waals surface area contributed by atoms with Crippen molar-refractivity contribution in [3.05, 3.63) is 36.2 Å². The molecule has 1 atom stereocenters. The Morgan fingerprint density at radius 3 is 2.60 bits per heavy atom. The van der Waals surface area contributed by atoms with E-state index in [4.69, 9.17) is 0 Å². The third-order valence-corrected chi connectivity index (χ3v) is 5.33. The maximum atomic E-state index is 12.3.